The van der Waals surface area contributed by atoms with Crippen molar-refractivity contribution in [3.05, 3.63) is 83.1 Å². The first kappa shape index (κ1) is 28.1. The van der Waals surface area contributed by atoms with Gasteiger partial charge in [-0.3, -0.25) is 10.0 Å². The molecular formula is C28H41N3O2. The predicted molar refractivity (Wildman–Crippen MR) is 141 cm³/mol. The molecule has 0 saturated carbocycles. The summed E-state index contributed by atoms with van der Waals surface area (Å²) in [6.45, 7) is 12.5. The van der Waals surface area contributed by atoms with Gasteiger partial charge in [-0.1, -0.05) is 75.8 Å². The molecule has 1 aliphatic carbocycles. The number of benzene rings is 1. The van der Waals surface area contributed by atoms with E-state index in [1.165, 1.54) is 46.7 Å². The molecule has 1 aromatic heterocycles. The van der Waals surface area contributed by atoms with Gasteiger partial charge >= 0.3 is 0 Å². The van der Waals surface area contributed by atoms with E-state index in [0.717, 1.165) is 31.5 Å². The van der Waals surface area contributed by atoms with Crippen molar-refractivity contribution in [3.8, 4) is 0 Å². The maximum Gasteiger partial charge on any atom is 0.267 e. The number of aryl methyl sites for hydroxylation is 2. The third-order valence-corrected chi connectivity index (χ3v) is 5.27. The molecule has 0 spiro atoms. The number of hydroxylamine groups is 1. The number of para-hydroxylation sites is 1. The first-order chi connectivity index (χ1) is 16.0. The number of hydrogen-bond donors (Lipinski definition) is 4. The second-order valence-corrected chi connectivity index (χ2v) is 7.67. The lowest BCUT2D eigenvalue weighted by Gasteiger charge is -2.03. The summed E-state index contributed by atoms with van der Waals surface area (Å²) in [7, 11) is 0. The average molecular weight is 452 g/mol. The van der Waals surface area contributed by atoms with Crippen LogP contribution >= 0.6 is 0 Å². The van der Waals surface area contributed by atoms with Gasteiger partial charge in [0.05, 0.1) is 0 Å². The lowest BCUT2D eigenvalue weighted by atomic mass is 10.1. The van der Waals surface area contributed by atoms with Crippen molar-refractivity contribution in [1.82, 2.24) is 15.8 Å². The van der Waals surface area contributed by atoms with Crippen LogP contribution in [0.2, 0.25) is 0 Å². The molecule has 1 aliphatic rings. The second kappa shape index (κ2) is 16.7. The number of allylic oxidation sites excluding steroid dienone is 6. The highest BCUT2D eigenvalue weighted by atomic mass is 16.5. The monoisotopic (exact) mass is 451 g/mol. The summed E-state index contributed by atoms with van der Waals surface area (Å²) in [6, 6.07) is 8.38. The van der Waals surface area contributed by atoms with Crippen molar-refractivity contribution < 1.29 is 10.0 Å². The van der Waals surface area contributed by atoms with Crippen LogP contribution in [0.4, 0.5) is 0 Å². The molecule has 0 saturated heterocycles. The summed E-state index contributed by atoms with van der Waals surface area (Å²) in [5, 5.41) is 13.2. The molecule has 4 N–H and O–H groups in total. The Kier molecular flexibility index (Phi) is 14.2. The summed E-state index contributed by atoms with van der Waals surface area (Å²) in [4.78, 5) is 14.2. The highest BCUT2D eigenvalue weighted by molar-refractivity contribution is 5.87. The summed E-state index contributed by atoms with van der Waals surface area (Å²) < 4.78 is 0. The highest BCUT2D eigenvalue weighted by Crippen LogP contribution is 2.19. The lowest BCUT2D eigenvalue weighted by molar-refractivity contribution is -0.124. The van der Waals surface area contributed by atoms with E-state index in [-0.39, 0.29) is 0 Å². The minimum atomic E-state index is -0.511. The van der Waals surface area contributed by atoms with Crippen molar-refractivity contribution in [2.24, 2.45) is 0 Å². The van der Waals surface area contributed by atoms with Gasteiger partial charge in [0.15, 0.2) is 0 Å². The molecule has 33 heavy (non-hydrogen) atoms. The smallest absolute Gasteiger partial charge is 0.267 e. The largest absolute Gasteiger partial charge is 0.358 e. The van der Waals surface area contributed by atoms with Crippen LogP contribution in [0.3, 0.4) is 0 Å². The van der Waals surface area contributed by atoms with Crippen molar-refractivity contribution in [2.75, 3.05) is 13.1 Å². The zero-order valence-electron chi connectivity index (χ0n) is 20.9. The number of aromatic nitrogens is 1. The number of hydrogen-bond acceptors (Lipinski definition) is 3. The fraction of sp³-hybridized carbons (Fsp3) is 0.393. The van der Waals surface area contributed by atoms with Gasteiger partial charge in [-0.25, -0.2) is 5.48 Å². The molecule has 1 aromatic carbocycles. The Morgan fingerprint density at radius 2 is 1.91 bits per heavy atom. The zero-order valence-corrected chi connectivity index (χ0v) is 20.9. The molecule has 5 nitrogen and oxygen atoms in total. The summed E-state index contributed by atoms with van der Waals surface area (Å²) >= 11 is 0. The standard InChI is InChI=1S/C16H24N2O2.C10H11N.C2H6/c1-2-3-12-17-13-11-15-6-4-5-14(7-8-15)9-10-16(19)18-20;1-7-8(2)11-10-6-4-3-5-9(7)10;1-2/h4,6-10,17,20H,2-3,5,11-13H2,1H3,(H,18,19);3-6,11H,1-2H3;1-2H3/b10-9+;;. The summed E-state index contributed by atoms with van der Waals surface area (Å²) in [5.74, 6) is -0.511. The van der Waals surface area contributed by atoms with Gasteiger partial charge in [-0.05, 0) is 69.0 Å². The molecule has 0 unspecified atom stereocenters. The van der Waals surface area contributed by atoms with E-state index in [4.69, 9.17) is 5.21 Å². The van der Waals surface area contributed by atoms with E-state index in [2.05, 4.69) is 73.6 Å². The van der Waals surface area contributed by atoms with Crippen LogP contribution in [0.1, 0.15) is 57.7 Å². The molecule has 1 heterocycles. The Morgan fingerprint density at radius 1 is 1.15 bits per heavy atom. The van der Waals surface area contributed by atoms with E-state index >= 15 is 0 Å². The van der Waals surface area contributed by atoms with Crippen molar-refractivity contribution in [2.45, 2.75) is 60.3 Å². The molecule has 5 heteroatoms. The van der Waals surface area contributed by atoms with Crippen LogP contribution in [-0.4, -0.2) is 29.2 Å². The molecule has 0 radical (unpaired) electrons. The van der Waals surface area contributed by atoms with E-state index in [0.29, 0.717) is 0 Å². The van der Waals surface area contributed by atoms with Crippen LogP contribution in [0.15, 0.2) is 71.9 Å². The summed E-state index contributed by atoms with van der Waals surface area (Å²) in [5.41, 5.74) is 7.77. The number of unbranched alkanes of at least 4 members (excludes halogenated alkanes) is 1. The SMILES string of the molecule is CC.CCCCNCCC1=CC=C(/C=C/C(=O)NO)CC=C1.Cc1[nH]c2ccccc2c1C. The Balaban J connectivity index is 0.000000349. The number of nitrogens with one attached hydrogen (secondary N) is 3. The van der Waals surface area contributed by atoms with Gasteiger partial charge < -0.3 is 10.3 Å². The molecule has 0 atom stereocenters. The van der Waals surface area contributed by atoms with Crippen LogP contribution in [0.25, 0.3) is 10.9 Å². The topological polar surface area (TPSA) is 77.2 Å². The van der Waals surface area contributed by atoms with E-state index in [9.17, 15) is 4.79 Å². The van der Waals surface area contributed by atoms with Crippen LogP contribution in [-0.2, 0) is 4.79 Å². The van der Waals surface area contributed by atoms with Gasteiger partial charge in [-0.2, -0.15) is 0 Å². The van der Waals surface area contributed by atoms with Crippen molar-refractivity contribution >= 4 is 16.8 Å². The molecule has 1 amide bonds. The Hall–Kier alpha value is -2.89. The fourth-order valence-electron chi connectivity index (χ4n) is 3.27. The summed E-state index contributed by atoms with van der Waals surface area (Å²) in [6.07, 6.45) is 15.6. The third-order valence-electron chi connectivity index (χ3n) is 5.27. The minimum Gasteiger partial charge on any atom is -0.358 e. The Morgan fingerprint density at radius 3 is 2.61 bits per heavy atom. The number of rotatable bonds is 8. The number of carbonyl (C=O) groups excluding carboxylic acids is 1. The second-order valence-electron chi connectivity index (χ2n) is 7.67. The average Bonchev–Trinajstić information content (AvgIpc) is 3.00. The van der Waals surface area contributed by atoms with Crippen LogP contribution in [0, 0.1) is 13.8 Å². The van der Waals surface area contributed by atoms with Crippen molar-refractivity contribution in [1.29, 1.82) is 0 Å². The van der Waals surface area contributed by atoms with Gasteiger partial charge in [-0.15, -0.1) is 0 Å². The first-order valence-electron chi connectivity index (χ1n) is 12.0. The zero-order chi connectivity index (χ0) is 24.5. The Bertz CT molecular complexity index is 965. The van der Waals surface area contributed by atoms with Crippen molar-refractivity contribution in [3.63, 3.8) is 0 Å². The maximum atomic E-state index is 10.9. The highest BCUT2D eigenvalue weighted by Gasteiger charge is 2.01. The Labute approximate surface area is 199 Å². The first-order valence-corrected chi connectivity index (χ1v) is 12.0. The van der Waals surface area contributed by atoms with E-state index < -0.39 is 5.91 Å². The van der Waals surface area contributed by atoms with Gasteiger partial charge in [0.2, 0.25) is 0 Å². The normalized spacial score (nSPS) is 12.8. The number of amides is 1. The number of H-pyrrole nitrogens is 1. The number of aromatic amines is 1. The third kappa shape index (κ3) is 10.5. The van der Waals surface area contributed by atoms with Gasteiger partial charge in [0.1, 0.15) is 0 Å². The molecule has 0 bridgehead atoms. The fourth-order valence-corrected chi connectivity index (χ4v) is 3.27. The number of fused-ring (bicyclic) bond motifs is 1. The molecule has 0 fully saturated rings. The van der Waals surface area contributed by atoms with Crippen LogP contribution in [0.5, 0.6) is 0 Å². The maximum absolute atomic E-state index is 10.9. The molecular weight excluding hydrogens is 410 g/mol. The number of carbonyl (C=O) groups is 1. The van der Waals surface area contributed by atoms with E-state index in [1.807, 2.05) is 19.9 Å². The molecule has 3 rings (SSSR count). The van der Waals surface area contributed by atoms with Gasteiger partial charge in [0.25, 0.3) is 5.91 Å². The van der Waals surface area contributed by atoms with Gasteiger partial charge in [0, 0.05) is 22.7 Å². The minimum absolute atomic E-state index is 0.511. The predicted octanol–water partition coefficient (Wildman–Crippen LogP) is 6.45. The molecule has 2 aromatic rings. The quantitative estimate of drug-likeness (QED) is 0.161. The lowest BCUT2D eigenvalue weighted by Crippen LogP contribution is -2.16. The van der Waals surface area contributed by atoms with Crippen LogP contribution < -0.4 is 10.8 Å². The molecule has 0 aliphatic heterocycles. The van der Waals surface area contributed by atoms with E-state index in [1.54, 1.807) is 11.6 Å². The molecule has 180 valence electrons.